The number of hydrogen-bond acceptors (Lipinski definition) is 5. The van der Waals surface area contributed by atoms with Crippen LogP contribution in [-0.2, 0) is 6.42 Å². The predicted molar refractivity (Wildman–Crippen MR) is 53.7 cm³/mol. The average molecular weight is 203 g/mol. The zero-order valence-electron chi connectivity index (χ0n) is 7.28. The maximum absolute atomic E-state index is 5.62. The van der Waals surface area contributed by atoms with Gasteiger partial charge >= 0.3 is 0 Å². The Morgan fingerprint density at radius 3 is 2.92 bits per heavy atom. The third-order valence-corrected chi connectivity index (χ3v) is 3.39. The molecule has 1 rings (SSSR count). The molecule has 0 unspecified atom stereocenters. The molecule has 1 aromatic heterocycles. The highest BCUT2D eigenvalue weighted by Gasteiger charge is 2.03. The zero-order chi connectivity index (χ0) is 8.97. The van der Waals surface area contributed by atoms with Crippen LogP contribution in [0.3, 0.4) is 0 Å². The molecule has 0 aromatic carbocycles. The van der Waals surface area contributed by atoms with Crippen LogP contribution < -0.4 is 5.73 Å². The maximum Gasteiger partial charge on any atom is 0.170 e. The van der Waals surface area contributed by atoms with Gasteiger partial charge in [0.25, 0.3) is 0 Å². The van der Waals surface area contributed by atoms with Gasteiger partial charge < -0.3 is 5.73 Å². The van der Waals surface area contributed by atoms with E-state index in [4.69, 9.17) is 5.73 Å². The second-order valence-corrected chi connectivity index (χ2v) is 4.64. The van der Waals surface area contributed by atoms with E-state index in [2.05, 4.69) is 16.3 Å². The fourth-order valence-electron chi connectivity index (χ4n) is 0.643. The van der Waals surface area contributed by atoms with Gasteiger partial charge in [-0.1, -0.05) is 18.7 Å². The molecule has 12 heavy (non-hydrogen) atoms. The van der Waals surface area contributed by atoms with Crippen molar-refractivity contribution in [3.05, 3.63) is 5.82 Å². The van der Waals surface area contributed by atoms with Crippen molar-refractivity contribution in [1.82, 2.24) is 9.36 Å². The highest BCUT2D eigenvalue weighted by Crippen LogP contribution is 2.20. The van der Waals surface area contributed by atoms with Crippen molar-refractivity contribution in [2.45, 2.75) is 30.6 Å². The fraction of sp³-hybridized carbons (Fsp3) is 0.714. The Morgan fingerprint density at radius 2 is 2.42 bits per heavy atom. The summed E-state index contributed by atoms with van der Waals surface area (Å²) in [6.07, 6.45) is 0.912. The number of nitrogens with two attached hydrogens (primary N) is 1. The number of nitrogens with zero attached hydrogens (tertiary/aromatic N) is 2. The highest BCUT2D eigenvalue weighted by atomic mass is 32.2. The molecule has 0 spiro atoms. The van der Waals surface area contributed by atoms with Crippen LogP contribution >= 0.6 is 23.3 Å². The van der Waals surface area contributed by atoms with Gasteiger partial charge in [-0.3, -0.25) is 0 Å². The van der Waals surface area contributed by atoms with E-state index >= 15 is 0 Å². The molecule has 2 N–H and O–H groups in total. The van der Waals surface area contributed by atoms with Gasteiger partial charge in [0.2, 0.25) is 0 Å². The Balaban J connectivity index is 2.41. The van der Waals surface area contributed by atoms with Crippen LogP contribution in [0.4, 0.5) is 0 Å². The van der Waals surface area contributed by atoms with Crippen molar-refractivity contribution < 1.29 is 0 Å². The van der Waals surface area contributed by atoms with E-state index in [0.29, 0.717) is 0 Å². The summed E-state index contributed by atoms with van der Waals surface area (Å²) >= 11 is 3.15. The topological polar surface area (TPSA) is 51.8 Å². The molecule has 0 bridgehead atoms. The summed E-state index contributed by atoms with van der Waals surface area (Å²) in [7, 11) is 0. The van der Waals surface area contributed by atoms with E-state index < -0.39 is 0 Å². The van der Waals surface area contributed by atoms with E-state index in [1.165, 1.54) is 11.5 Å². The predicted octanol–water partition coefficient (Wildman–Crippen LogP) is 1.54. The monoisotopic (exact) mass is 203 g/mol. The normalized spacial score (nSPS) is 13.2. The Kier molecular flexibility index (Phi) is 3.97. The van der Waals surface area contributed by atoms with Gasteiger partial charge in [-0.05, 0) is 18.5 Å². The van der Waals surface area contributed by atoms with Crippen LogP contribution in [0.15, 0.2) is 4.34 Å². The molecular weight excluding hydrogens is 190 g/mol. The maximum atomic E-state index is 5.62. The number of aryl methyl sites for hydroxylation is 1. The van der Waals surface area contributed by atoms with Gasteiger partial charge in [-0.25, -0.2) is 4.98 Å². The van der Waals surface area contributed by atoms with Crippen LogP contribution in [0, 0.1) is 0 Å². The van der Waals surface area contributed by atoms with E-state index in [9.17, 15) is 0 Å². The van der Waals surface area contributed by atoms with Gasteiger partial charge in [0.1, 0.15) is 5.82 Å². The van der Waals surface area contributed by atoms with Gasteiger partial charge in [0.15, 0.2) is 4.34 Å². The van der Waals surface area contributed by atoms with Crippen LogP contribution in [0.1, 0.15) is 19.7 Å². The second-order valence-electron chi connectivity index (χ2n) is 2.62. The minimum Gasteiger partial charge on any atom is -0.327 e. The lowest BCUT2D eigenvalue weighted by Crippen LogP contribution is -2.17. The van der Waals surface area contributed by atoms with E-state index in [1.807, 2.05) is 6.92 Å². The van der Waals surface area contributed by atoms with Crippen LogP contribution in [0.5, 0.6) is 0 Å². The zero-order valence-corrected chi connectivity index (χ0v) is 8.91. The Morgan fingerprint density at radius 1 is 1.67 bits per heavy atom. The summed E-state index contributed by atoms with van der Waals surface area (Å²) in [5.41, 5.74) is 5.62. The molecule has 68 valence electrons. The molecule has 1 aromatic rings. The Bertz CT molecular complexity index is 234. The Labute approximate surface area is 80.9 Å². The molecule has 0 saturated carbocycles. The number of rotatable bonds is 4. The number of aromatic nitrogens is 2. The van der Waals surface area contributed by atoms with Crippen molar-refractivity contribution in [3.63, 3.8) is 0 Å². The summed E-state index contributed by atoms with van der Waals surface area (Å²) < 4.78 is 5.21. The first-order chi connectivity index (χ1) is 5.72. The summed E-state index contributed by atoms with van der Waals surface area (Å²) in [5.74, 6) is 1.85. The molecule has 0 fully saturated rings. The standard InChI is InChI=1S/C7H13N3S2/c1-3-6-9-7(12-10-6)11-4-5(2)8/h5H,3-4,8H2,1-2H3/t5-/m1/s1. The van der Waals surface area contributed by atoms with Crippen molar-refractivity contribution in [2.75, 3.05) is 5.75 Å². The van der Waals surface area contributed by atoms with E-state index in [0.717, 1.165) is 22.3 Å². The summed E-state index contributed by atoms with van der Waals surface area (Å²) in [5, 5.41) is 0. The Hall–Kier alpha value is -0.130. The third kappa shape index (κ3) is 3.08. The molecule has 0 aliphatic carbocycles. The minimum atomic E-state index is 0.226. The van der Waals surface area contributed by atoms with E-state index in [-0.39, 0.29) is 6.04 Å². The largest absolute Gasteiger partial charge is 0.327 e. The SMILES string of the molecule is CCc1nsc(SC[C@@H](C)N)n1. The molecule has 0 radical (unpaired) electrons. The molecule has 0 aliphatic heterocycles. The van der Waals surface area contributed by atoms with Gasteiger partial charge in [-0.15, -0.1) is 0 Å². The van der Waals surface area contributed by atoms with Gasteiger partial charge in [0.05, 0.1) is 0 Å². The molecule has 1 heterocycles. The second kappa shape index (κ2) is 4.79. The molecule has 0 aliphatic rings. The fourth-order valence-corrected chi connectivity index (χ4v) is 2.24. The first-order valence-corrected chi connectivity index (χ1v) is 5.69. The number of thioether (sulfide) groups is 1. The van der Waals surface area contributed by atoms with Crippen molar-refractivity contribution in [1.29, 1.82) is 0 Å². The van der Waals surface area contributed by atoms with E-state index in [1.54, 1.807) is 11.8 Å². The van der Waals surface area contributed by atoms with Gasteiger partial charge in [-0.2, -0.15) is 4.37 Å². The molecule has 5 heteroatoms. The highest BCUT2D eigenvalue weighted by molar-refractivity contribution is 8.00. The van der Waals surface area contributed by atoms with Crippen molar-refractivity contribution in [3.8, 4) is 0 Å². The lowest BCUT2D eigenvalue weighted by molar-refractivity contribution is 0.846. The molecular formula is C7H13N3S2. The lowest BCUT2D eigenvalue weighted by atomic mass is 10.4. The van der Waals surface area contributed by atoms with Crippen molar-refractivity contribution >= 4 is 23.3 Å². The average Bonchev–Trinajstić information content (AvgIpc) is 2.48. The quantitative estimate of drug-likeness (QED) is 0.754. The first kappa shape index (κ1) is 9.95. The molecule has 0 saturated heterocycles. The van der Waals surface area contributed by atoms with Crippen LogP contribution in [0.25, 0.3) is 0 Å². The first-order valence-electron chi connectivity index (χ1n) is 3.93. The molecule has 3 nitrogen and oxygen atoms in total. The summed E-state index contributed by atoms with van der Waals surface area (Å²) in [4.78, 5) is 4.32. The van der Waals surface area contributed by atoms with Crippen molar-refractivity contribution in [2.24, 2.45) is 5.73 Å². The summed E-state index contributed by atoms with van der Waals surface area (Å²) in [6.45, 7) is 4.05. The number of hydrogen-bond donors (Lipinski definition) is 1. The molecule has 1 atom stereocenters. The molecule has 0 amide bonds. The van der Waals surface area contributed by atoms with Crippen LogP contribution in [-0.4, -0.2) is 21.2 Å². The van der Waals surface area contributed by atoms with Gasteiger partial charge in [0, 0.05) is 18.2 Å². The van der Waals surface area contributed by atoms with Crippen LogP contribution in [0.2, 0.25) is 0 Å². The lowest BCUT2D eigenvalue weighted by Gasteiger charge is -1.99. The third-order valence-electron chi connectivity index (χ3n) is 1.24. The summed E-state index contributed by atoms with van der Waals surface area (Å²) in [6, 6.07) is 0.226. The minimum absolute atomic E-state index is 0.226. The smallest absolute Gasteiger partial charge is 0.170 e.